The summed E-state index contributed by atoms with van der Waals surface area (Å²) in [6, 6.07) is 1.77. The van der Waals surface area contributed by atoms with Crippen LogP contribution in [0.5, 0.6) is 0 Å². The minimum Gasteiger partial charge on any atom is -0.477 e. The van der Waals surface area contributed by atoms with Gasteiger partial charge in [-0.25, -0.2) is 4.79 Å². The summed E-state index contributed by atoms with van der Waals surface area (Å²) >= 11 is 3.08. The first-order valence-corrected chi connectivity index (χ1v) is 8.05. The molecule has 0 radical (unpaired) electrons. The molecule has 17 heavy (non-hydrogen) atoms. The van der Waals surface area contributed by atoms with Crippen LogP contribution in [0.2, 0.25) is 0 Å². The Labute approximate surface area is 111 Å². The predicted molar refractivity (Wildman–Crippen MR) is 75.4 cm³/mol. The van der Waals surface area contributed by atoms with Crippen LogP contribution in [0.4, 0.5) is 0 Å². The van der Waals surface area contributed by atoms with Crippen molar-refractivity contribution >= 4 is 29.1 Å². The van der Waals surface area contributed by atoms with Crippen LogP contribution >= 0.6 is 23.1 Å². The molecule has 1 aromatic rings. The zero-order chi connectivity index (χ0) is 12.5. The SMILES string of the molecule is CCCCCCCCSc1csc(C(=O)O)c1. The number of carbonyl (C=O) groups is 1. The summed E-state index contributed by atoms with van der Waals surface area (Å²) in [5.41, 5.74) is 0. The number of rotatable bonds is 9. The molecule has 0 spiro atoms. The summed E-state index contributed by atoms with van der Waals surface area (Å²) in [5.74, 6) is 0.281. The second kappa shape index (κ2) is 8.59. The van der Waals surface area contributed by atoms with Crippen molar-refractivity contribution in [1.29, 1.82) is 0 Å². The van der Waals surface area contributed by atoms with Crippen molar-refractivity contribution in [3.05, 3.63) is 16.3 Å². The normalized spacial score (nSPS) is 10.6. The fraction of sp³-hybridized carbons (Fsp3) is 0.615. The van der Waals surface area contributed by atoms with Gasteiger partial charge in [0.1, 0.15) is 4.88 Å². The van der Waals surface area contributed by atoms with Crippen molar-refractivity contribution in [1.82, 2.24) is 0 Å². The van der Waals surface area contributed by atoms with Crippen LogP contribution in [0, 0.1) is 0 Å². The van der Waals surface area contributed by atoms with Crippen LogP contribution in [-0.4, -0.2) is 16.8 Å². The van der Waals surface area contributed by atoms with E-state index in [0.29, 0.717) is 4.88 Å². The Morgan fingerprint density at radius 2 is 2.00 bits per heavy atom. The standard InChI is InChI=1S/C13H20O2S2/c1-2-3-4-5-6-7-8-16-11-9-12(13(14)15)17-10-11/h9-10H,2-8H2,1H3,(H,14,15). The molecule has 2 nitrogen and oxygen atoms in total. The van der Waals surface area contributed by atoms with Crippen molar-refractivity contribution < 1.29 is 9.90 Å². The van der Waals surface area contributed by atoms with Gasteiger partial charge in [-0.3, -0.25) is 0 Å². The molecule has 0 saturated heterocycles. The molecule has 1 aromatic heterocycles. The van der Waals surface area contributed by atoms with E-state index in [4.69, 9.17) is 5.11 Å². The molecule has 0 aromatic carbocycles. The molecule has 0 aliphatic carbocycles. The van der Waals surface area contributed by atoms with Gasteiger partial charge in [0, 0.05) is 10.3 Å². The Kier molecular flexibility index (Phi) is 7.37. The smallest absolute Gasteiger partial charge is 0.345 e. The highest BCUT2D eigenvalue weighted by Gasteiger charge is 2.06. The first kappa shape index (κ1) is 14.6. The molecule has 0 aliphatic rings. The molecule has 0 aliphatic heterocycles. The Morgan fingerprint density at radius 3 is 2.65 bits per heavy atom. The molecule has 0 bridgehead atoms. The number of unbranched alkanes of at least 4 members (excludes halogenated alkanes) is 5. The van der Waals surface area contributed by atoms with Gasteiger partial charge < -0.3 is 5.11 Å². The number of carboxylic acid groups (broad SMARTS) is 1. The molecule has 1 rings (SSSR count). The summed E-state index contributed by atoms with van der Waals surface area (Å²) in [5, 5.41) is 10.7. The first-order valence-electron chi connectivity index (χ1n) is 6.18. The zero-order valence-electron chi connectivity index (χ0n) is 10.3. The van der Waals surface area contributed by atoms with Crippen molar-refractivity contribution in [2.24, 2.45) is 0 Å². The van der Waals surface area contributed by atoms with Gasteiger partial charge in [0.15, 0.2) is 0 Å². The third kappa shape index (κ3) is 6.13. The Balaban J connectivity index is 2.07. The van der Waals surface area contributed by atoms with E-state index in [1.54, 1.807) is 17.8 Å². The Hall–Kier alpha value is -0.480. The van der Waals surface area contributed by atoms with E-state index in [1.807, 2.05) is 5.38 Å². The number of hydrogen-bond donors (Lipinski definition) is 1. The molecule has 0 fully saturated rings. The maximum absolute atomic E-state index is 10.7. The maximum atomic E-state index is 10.7. The largest absolute Gasteiger partial charge is 0.477 e. The third-order valence-corrected chi connectivity index (χ3v) is 4.68. The van der Waals surface area contributed by atoms with E-state index < -0.39 is 5.97 Å². The van der Waals surface area contributed by atoms with Gasteiger partial charge in [0.25, 0.3) is 0 Å². The summed E-state index contributed by atoms with van der Waals surface area (Å²) in [4.78, 5) is 12.2. The second-order valence-corrected chi connectivity index (χ2v) is 6.15. The molecule has 0 amide bonds. The van der Waals surface area contributed by atoms with E-state index in [-0.39, 0.29) is 0 Å². The fourth-order valence-corrected chi connectivity index (χ4v) is 3.46. The van der Waals surface area contributed by atoms with E-state index in [0.717, 1.165) is 10.6 Å². The molecule has 1 N–H and O–H groups in total. The summed E-state index contributed by atoms with van der Waals surface area (Å²) in [6.07, 6.45) is 7.85. The lowest BCUT2D eigenvalue weighted by molar-refractivity contribution is 0.0702. The molecule has 1 heterocycles. The molecule has 0 atom stereocenters. The average molecular weight is 272 g/mol. The molecule has 0 saturated carbocycles. The van der Waals surface area contributed by atoms with Crippen LogP contribution in [0.3, 0.4) is 0 Å². The van der Waals surface area contributed by atoms with Gasteiger partial charge in [-0.15, -0.1) is 23.1 Å². The summed E-state index contributed by atoms with van der Waals surface area (Å²) in [6.45, 7) is 2.23. The van der Waals surface area contributed by atoms with Gasteiger partial charge >= 0.3 is 5.97 Å². The highest BCUT2D eigenvalue weighted by atomic mass is 32.2. The Morgan fingerprint density at radius 1 is 1.29 bits per heavy atom. The number of thioether (sulfide) groups is 1. The van der Waals surface area contributed by atoms with E-state index in [2.05, 4.69) is 6.92 Å². The zero-order valence-corrected chi connectivity index (χ0v) is 11.9. The third-order valence-electron chi connectivity index (χ3n) is 2.55. The van der Waals surface area contributed by atoms with E-state index in [1.165, 1.54) is 49.9 Å². The van der Waals surface area contributed by atoms with E-state index in [9.17, 15) is 4.79 Å². The van der Waals surface area contributed by atoms with Crippen LogP contribution < -0.4 is 0 Å². The minimum absolute atomic E-state index is 0.440. The highest BCUT2D eigenvalue weighted by Crippen LogP contribution is 2.25. The monoisotopic (exact) mass is 272 g/mol. The number of thiophene rings is 1. The maximum Gasteiger partial charge on any atom is 0.345 e. The van der Waals surface area contributed by atoms with Gasteiger partial charge in [-0.05, 0) is 18.2 Å². The van der Waals surface area contributed by atoms with Crippen molar-refractivity contribution in [3.8, 4) is 0 Å². The predicted octanol–water partition coefficient (Wildman–Crippen LogP) is 4.90. The van der Waals surface area contributed by atoms with Crippen molar-refractivity contribution in [3.63, 3.8) is 0 Å². The lowest BCUT2D eigenvalue weighted by Gasteiger charge is -1.99. The van der Waals surface area contributed by atoms with Crippen LogP contribution in [0.1, 0.15) is 55.1 Å². The van der Waals surface area contributed by atoms with Gasteiger partial charge in [0.2, 0.25) is 0 Å². The van der Waals surface area contributed by atoms with Gasteiger partial charge in [-0.2, -0.15) is 0 Å². The number of carboxylic acids is 1. The number of aromatic carboxylic acids is 1. The van der Waals surface area contributed by atoms with Crippen molar-refractivity contribution in [2.75, 3.05) is 5.75 Å². The van der Waals surface area contributed by atoms with Gasteiger partial charge in [0.05, 0.1) is 0 Å². The molecular weight excluding hydrogens is 252 g/mol. The lowest BCUT2D eigenvalue weighted by atomic mass is 10.1. The topological polar surface area (TPSA) is 37.3 Å². The average Bonchev–Trinajstić information content (AvgIpc) is 2.77. The van der Waals surface area contributed by atoms with Crippen molar-refractivity contribution in [2.45, 2.75) is 50.3 Å². The minimum atomic E-state index is -0.818. The molecule has 4 heteroatoms. The lowest BCUT2D eigenvalue weighted by Crippen LogP contribution is -1.89. The second-order valence-electron chi connectivity index (χ2n) is 4.07. The highest BCUT2D eigenvalue weighted by molar-refractivity contribution is 7.99. The van der Waals surface area contributed by atoms with Crippen LogP contribution in [0.15, 0.2) is 16.3 Å². The quantitative estimate of drug-likeness (QED) is 0.513. The summed E-state index contributed by atoms with van der Waals surface area (Å²) < 4.78 is 0. The van der Waals surface area contributed by atoms with Gasteiger partial charge in [-0.1, -0.05) is 39.0 Å². The fourth-order valence-electron chi connectivity index (χ4n) is 1.58. The molecule has 0 unspecified atom stereocenters. The number of hydrogen-bond acceptors (Lipinski definition) is 3. The Bertz CT molecular complexity index is 334. The van der Waals surface area contributed by atoms with Crippen LogP contribution in [-0.2, 0) is 0 Å². The van der Waals surface area contributed by atoms with E-state index >= 15 is 0 Å². The summed E-state index contributed by atoms with van der Waals surface area (Å²) in [7, 11) is 0. The van der Waals surface area contributed by atoms with Crippen LogP contribution in [0.25, 0.3) is 0 Å². The molecule has 96 valence electrons. The first-order chi connectivity index (χ1) is 8.24. The molecular formula is C13H20O2S2.